The van der Waals surface area contributed by atoms with Crippen molar-refractivity contribution in [3.05, 3.63) is 53.9 Å². The fourth-order valence-electron chi connectivity index (χ4n) is 3.65. The van der Waals surface area contributed by atoms with Crippen LogP contribution in [0.2, 0.25) is 0 Å². The minimum Gasteiger partial charge on any atom is -0.503 e. The molecule has 0 spiro atoms. The number of nitrogens with one attached hydrogen (secondary N) is 1. The fraction of sp³-hybridized carbons (Fsp3) is 0.533. The van der Waals surface area contributed by atoms with Crippen LogP contribution >= 0.6 is 10.3 Å². The van der Waals surface area contributed by atoms with Crippen molar-refractivity contribution in [3.63, 3.8) is 0 Å². The Morgan fingerprint density at radius 2 is 1.66 bits per heavy atom. The molecule has 11 heteroatoms. The SMILES string of the molecule is COc1ccnc(C(=O)NC(COC(=O)C(Cc2ccccc2)C(C)OS(C)(C)C(C)(C)C)C(=O)OC(C)C)c1O. The predicted molar refractivity (Wildman–Crippen MR) is 159 cm³/mol. The zero-order valence-electron chi connectivity index (χ0n) is 25.4. The monoisotopic (exact) mass is 592 g/mol. The molecule has 0 bridgehead atoms. The van der Waals surface area contributed by atoms with E-state index >= 15 is 0 Å². The third kappa shape index (κ3) is 9.64. The van der Waals surface area contributed by atoms with E-state index < -0.39 is 64.7 Å². The summed E-state index contributed by atoms with van der Waals surface area (Å²) in [5.74, 6) is -3.38. The first-order chi connectivity index (χ1) is 19.1. The Balaban J connectivity index is 2.28. The molecule has 10 nitrogen and oxygen atoms in total. The van der Waals surface area contributed by atoms with Crippen molar-refractivity contribution in [1.29, 1.82) is 0 Å². The van der Waals surface area contributed by atoms with Gasteiger partial charge >= 0.3 is 11.9 Å². The van der Waals surface area contributed by atoms with Gasteiger partial charge in [0.1, 0.15) is 6.61 Å². The molecule has 41 heavy (non-hydrogen) atoms. The van der Waals surface area contributed by atoms with Gasteiger partial charge in [-0.15, -0.1) is 10.3 Å². The minimum atomic E-state index is -1.56. The molecule has 0 radical (unpaired) electrons. The Morgan fingerprint density at radius 3 is 2.22 bits per heavy atom. The average Bonchev–Trinajstić information content (AvgIpc) is 2.88. The molecule has 228 valence electrons. The smallest absolute Gasteiger partial charge is 0.332 e. The second kappa shape index (κ2) is 14.5. The van der Waals surface area contributed by atoms with Crippen LogP contribution in [0.5, 0.6) is 11.5 Å². The number of ether oxygens (including phenoxy) is 3. The van der Waals surface area contributed by atoms with E-state index in [9.17, 15) is 19.5 Å². The maximum absolute atomic E-state index is 13.5. The normalized spacial score (nSPS) is 14.5. The van der Waals surface area contributed by atoms with Gasteiger partial charge in [0.2, 0.25) is 0 Å². The average molecular weight is 593 g/mol. The molecule has 2 aromatic rings. The van der Waals surface area contributed by atoms with Crippen molar-refractivity contribution in [2.75, 3.05) is 26.2 Å². The number of pyridine rings is 1. The lowest BCUT2D eigenvalue weighted by atomic mass is 9.95. The van der Waals surface area contributed by atoms with Gasteiger partial charge in [0.15, 0.2) is 23.2 Å². The zero-order valence-corrected chi connectivity index (χ0v) is 26.2. The molecule has 3 atom stereocenters. The van der Waals surface area contributed by atoms with E-state index in [1.54, 1.807) is 13.8 Å². The largest absolute Gasteiger partial charge is 0.503 e. The third-order valence-electron chi connectivity index (χ3n) is 6.69. The van der Waals surface area contributed by atoms with Crippen LogP contribution in [0.25, 0.3) is 0 Å². The number of nitrogens with zero attached hydrogens (tertiary/aromatic N) is 1. The van der Waals surface area contributed by atoms with Crippen LogP contribution in [-0.2, 0) is 29.7 Å². The molecule has 0 fully saturated rings. The molecule has 1 amide bonds. The van der Waals surface area contributed by atoms with Crippen LogP contribution in [0.15, 0.2) is 42.6 Å². The van der Waals surface area contributed by atoms with Gasteiger partial charge in [-0.1, -0.05) is 51.1 Å². The van der Waals surface area contributed by atoms with Crippen molar-refractivity contribution in [2.24, 2.45) is 5.92 Å². The Morgan fingerprint density at radius 1 is 1.02 bits per heavy atom. The quantitative estimate of drug-likeness (QED) is 0.324. The van der Waals surface area contributed by atoms with E-state index in [-0.39, 0.29) is 16.2 Å². The third-order valence-corrected chi connectivity index (χ3v) is 10.4. The van der Waals surface area contributed by atoms with Crippen molar-refractivity contribution in [1.82, 2.24) is 10.3 Å². The highest BCUT2D eigenvalue weighted by Crippen LogP contribution is 2.55. The summed E-state index contributed by atoms with van der Waals surface area (Å²) >= 11 is 0. The first kappa shape index (κ1) is 33.9. The van der Waals surface area contributed by atoms with Crippen molar-refractivity contribution in [3.8, 4) is 11.5 Å². The minimum absolute atomic E-state index is 0.0379. The Hall–Kier alpha value is -3.31. The highest BCUT2D eigenvalue weighted by Gasteiger charge is 2.37. The van der Waals surface area contributed by atoms with Crippen molar-refractivity contribution in [2.45, 2.75) is 71.0 Å². The van der Waals surface area contributed by atoms with Crippen LogP contribution in [-0.4, -0.2) is 77.2 Å². The predicted octanol–water partition coefficient (Wildman–Crippen LogP) is 4.43. The summed E-state index contributed by atoms with van der Waals surface area (Å²) in [6.07, 6.45) is 4.78. The number of aromatic nitrogens is 1. The first-order valence-corrected chi connectivity index (χ1v) is 15.8. The van der Waals surface area contributed by atoms with Gasteiger partial charge < -0.3 is 28.8 Å². The molecule has 3 unspecified atom stereocenters. The zero-order chi connectivity index (χ0) is 31.0. The Kier molecular flexibility index (Phi) is 12.0. The lowest BCUT2D eigenvalue weighted by molar-refractivity contribution is -0.157. The maximum atomic E-state index is 13.5. The first-order valence-electron chi connectivity index (χ1n) is 13.4. The molecule has 1 heterocycles. The van der Waals surface area contributed by atoms with E-state index in [1.165, 1.54) is 19.4 Å². The molecule has 0 aliphatic rings. The molecule has 2 rings (SSSR count). The second-order valence-electron chi connectivity index (χ2n) is 11.3. The van der Waals surface area contributed by atoms with Crippen LogP contribution in [0.4, 0.5) is 0 Å². The van der Waals surface area contributed by atoms with E-state index in [1.807, 2.05) is 37.3 Å². The summed E-state index contributed by atoms with van der Waals surface area (Å²) in [7, 11) is -0.229. The Bertz CT molecular complexity index is 1180. The standard InChI is InChI=1S/C30H44N2O8S/c1-19(2)39-29(36)23(32-27(34)25-26(33)24(37-7)15-16-31-25)18-38-28(35)22(17-21-13-11-10-12-14-21)20(3)40-41(8,9)30(4,5)6/h10-16,19-20,22-23,33H,17-18H2,1-9H3,(H,32,34). The molecule has 1 aromatic carbocycles. The van der Waals surface area contributed by atoms with Crippen LogP contribution < -0.4 is 10.1 Å². The summed E-state index contributed by atoms with van der Waals surface area (Å²) in [5, 5.41) is 12.8. The molecule has 0 aliphatic carbocycles. The number of esters is 2. The summed E-state index contributed by atoms with van der Waals surface area (Å²) in [5.41, 5.74) is 0.575. The van der Waals surface area contributed by atoms with Crippen molar-refractivity contribution >= 4 is 28.2 Å². The van der Waals surface area contributed by atoms with Crippen molar-refractivity contribution < 1.29 is 37.9 Å². The molecule has 0 saturated carbocycles. The van der Waals surface area contributed by atoms with Gasteiger partial charge in [-0.25, -0.2) is 9.78 Å². The second-order valence-corrected chi connectivity index (χ2v) is 15.2. The number of benzene rings is 1. The highest BCUT2D eigenvalue weighted by atomic mass is 32.3. The summed E-state index contributed by atoms with van der Waals surface area (Å²) in [6, 6.07) is 9.55. The van der Waals surface area contributed by atoms with E-state index in [0.717, 1.165) is 5.56 Å². The lowest BCUT2D eigenvalue weighted by Gasteiger charge is -2.46. The number of hydrogen-bond acceptors (Lipinski definition) is 9. The van der Waals surface area contributed by atoms with Gasteiger partial charge in [0, 0.05) is 17.0 Å². The van der Waals surface area contributed by atoms with Gasteiger partial charge in [-0.2, -0.15) is 0 Å². The number of rotatable bonds is 13. The van der Waals surface area contributed by atoms with Gasteiger partial charge in [-0.05, 0) is 45.3 Å². The Labute approximate surface area is 244 Å². The highest BCUT2D eigenvalue weighted by molar-refractivity contribution is 8.29. The van der Waals surface area contributed by atoms with Gasteiger partial charge in [-0.3, -0.25) is 9.59 Å². The fourth-order valence-corrected chi connectivity index (χ4v) is 4.83. The molecule has 1 aromatic heterocycles. The number of amides is 1. The van der Waals surface area contributed by atoms with Crippen LogP contribution in [0.3, 0.4) is 0 Å². The summed E-state index contributed by atoms with van der Waals surface area (Å²) in [4.78, 5) is 43.3. The molecule has 0 saturated heterocycles. The molecule has 0 aliphatic heterocycles. The van der Waals surface area contributed by atoms with E-state index in [2.05, 4.69) is 43.6 Å². The number of carbonyl (C=O) groups is 3. The molecular formula is C30H44N2O8S. The van der Waals surface area contributed by atoms with Gasteiger partial charge in [0.25, 0.3) is 5.91 Å². The molecular weight excluding hydrogens is 548 g/mol. The maximum Gasteiger partial charge on any atom is 0.332 e. The summed E-state index contributed by atoms with van der Waals surface area (Å²) < 4.78 is 22.3. The molecule has 2 N–H and O–H groups in total. The number of aromatic hydroxyl groups is 1. The lowest BCUT2D eigenvalue weighted by Crippen LogP contribution is -2.47. The van der Waals surface area contributed by atoms with Crippen LogP contribution in [0.1, 0.15) is 57.6 Å². The van der Waals surface area contributed by atoms with Crippen LogP contribution in [0, 0.1) is 5.92 Å². The number of carbonyl (C=O) groups excluding carboxylic acids is 3. The summed E-state index contributed by atoms with van der Waals surface area (Å²) in [6.45, 7) is 11.0. The van der Waals surface area contributed by atoms with E-state index in [0.29, 0.717) is 6.42 Å². The number of hydrogen-bond donors (Lipinski definition) is 2. The van der Waals surface area contributed by atoms with E-state index in [4.69, 9.17) is 18.4 Å². The topological polar surface area (TPSA) is 133 Å². The van der Waals surface area contributed by atoms with Gasteiger partial charge in [0.05, 0.1) is 25.2 Å². The number of methoxy groups -OCH3 is 1.